The van der Waals surface area contributed by atoms with E-state index in [4.69, 9.17) is 15.7 Å². The lowest BCUT2D eigenvalue weighted by Crippen LogP contribution is -2.04. The summed E-state index contributed by atoms with van der Waals surface area (Å²) in [5, 5.41) is 9.03. The third-order valence-electron chi connectivity index (χ3n) is 2.75. The summed E-state index contributed by atoms with van der Waals surface area (Å²) in [5.74, 6) is 0.597. The Balaban J connectivity index is 2.01. The minimum absolute atomic E-state index is 0.491. The Morgan fingerprint density at radius 3 is 2.74 bits per heavy atom. The van der Waals surface area contributed by atoms with Crippen molar-refractivity contribution in [2.75, 3.05) is 12.3 Å². The zero-order valence-electron chi connectivity index (χ0n) is 10.3. The zero-order valence-corrected chi connectivity index (χ0v) is 11.9. The summed E-state index contributed by atoms with van der Waals surface area (Å²) in [4.78, 5) is 0. The molecule has 19 heavy (non-hydrogen) atoms. The van der Waals surface area contributed by atoms with Gasteiger partial charge in [0.1, 0.15) is 11.8 Å². The van der Waals surface area contributed by atoms with Gasteiger partial charge in [0.05, 0.1) is 12.2 Å². The maximum atomic E-state index is 9.03. The van der Waals surface area contributed by atoms with Gasteiger partial charge in [-0.2, -0.15) is 5.26 Å². The van der Waals surface area contributed by atoms with Gasteiger partial charge in [-0.15, -0.1) is 0 Å². The number of halogens is 1. The molecule has 0 saturated carbocycles. The molecular formula is C15H13BrN2O. The van der Waals surface area contributed by atoms with E-state index in [2.05, 4.69) is 22.0 Å². The van der Waals surface area contributed by atoms with Crippen molar-refractivity contribution in [3.8, 4) is 11.8 Å². The van der Waals surface area contributed by atoms with E-state index in [1.54, 1.807) is 12.1 Å². The highest BCUT2D eigenvalue weighted by molar-refractivity contribution is 9.10. The van der Waals surface area contributed by atoms with E-state index in [0.29, 0.717) is 24.3 Å². The van der Waals surface area contributed by atoms with Gasteiger partial charge < -0.3 is 10.5 Å². The van der Waals surface area contributed by atoms with Gasteiger partial charge in [-0.3, -0.25) is 0 Å². The molecule has 0 saturated heterocycles. The molecule has 0 aromatic heterocycles. The minimum Gasteiger partial charge on any atom is -0.492 e. The highest BCUT2D eigenvalue weighted by Crippen LogP contribution is 2.22. The number of ether oxygens (including phenoxy) is 1. The Morgan fingerprint density at radius 1 is 1.21 bits per heavy atom. The van der Waals surface area contributed by atoms with Crippen LogP contribution in [0.5, 0.6) is 5.75 Å². The second-order valence-corrected chi connectivity index (χ2v) is 4.97. The van der Waals surface area contributed by atoms with Gasteiger partial charge in [0.25, 0.3) is 0 Å². The van der Waals surface area contributed by atoms with Gasteiger partial charge in [-0.1, -0.05) is 34.1 Å². The van der Waals surface area contributed by atoms with Crippen LogP contribution in [-0.2, 0) is 6.42 Å². The van der Waals surface area contributed by atoms with Crippen LogP contribution in [0.15, 0.2) is 46.9 Å². The number of nitrogens with two attached hydrogens (primary N) is 1. The Labute approximate surface area is 120 Å². The molecule has 0 aliphatic rings. The molecule has 2 aromatic carbocycles. The highest BCUT2D eigenvalue weighted by Gasteiger charge is 2.04. The first-order valence-corrected chi connectivity index (χ1v) is 6.66. The number of para-hydroxylation sites is 1. The van der Waals surface area contributed by atoms with Gasteiger partial charge >= 0.3 is 0 Å². The largest absolute Gasteiger partial charge is 0.492 e. The van der Waals surface area contributed by atoms with Gasteiger partial charge in [0.2, 0.25) is 0 Å². The van der Waals surface area contributed by atoms with Crippen LogP contribution in [-0.4, -0.2) is 6.61 Å². The number of benzene rings is 2. The fourth-order valence-electron chi connectivity index (χ4n) is 1.75. The summed E-state index contributed by atoms with van der Waals surface area (Å²) in [6.07, 6.45) is 0.716. The average molecular weight is 317 g/mol. The van der Waals surface area contributed by atoms with E-state index < -0.39 is 0 Å². The SMILES string of the molecule is N#Cc1cc(Br)ccc1OCCc1ccccc1N. The van der Waals surface area contributed by atoms with Gasteiger partial charge in [0.15, 0.2) is 0 Å². The van der Waals surface area contributed by atoms with Crippen LogP contribution in [0, 0.1) is 11.3 Å². The highest BCUT2D eigenvalue weighted by atomic mass is 79.9. The van der Waals surface area contributed by atoms with Crippen LogP contribution in [0.2, 0.25) is 0 Å². The maximum Gasteiger partial charge on any atom is 0.137 e. The van der Waals surface area contributed by atoms with E-state index >= 15 is 0 Å². The van der Waals surface area contributed by atoms with E-state index in [-0.39, 0.29) is 0 Å². The number of hydrogen-bond donors (Lipinski definition) is 1. The summed E-state index contributed by atoms with van der Waals surface area (Å²) < 4.78 is 6.51. The smallest absolute Gasteiger partial charge is 0.137 e. The third kappa shape index (κ3) is 3.49. The topological polar surface area (TPSA) is 59.0 Å². The second-order valence-electron chi connectivity index (χ2n) is 4.05. The molecule has 4 heteroatoms. The number of anilines is 1. The molecule has 0 spiro atoms. The Morgan fingerprint density at radius 2 is 2.00 bits per heavy atom. The molecule has 2 rings (SSSR count). The average Bonchev–Trinajstić information content (AvgIpc) is 2.42. The molecule has 0 aliphatic carbocycles. The normalized spacial score (nSPS) is 9.89. The first-order valence-electron chi connectivity index (χ1n) is 5.86. The lowest BCUT2D eigenvalue weighted by atomic mass is 10.1. The Hall–Kier alpha value is -1.99. The summed E-state index contributed by atoms with van der Waals surface area (Å²) >= 11 is 3.33. The lowest BCUT2D eigenvalue weighted by molar-refractivity contribution is 0.321. The Bertz CT molecular complexity index is 620. The van der Waals surface area contributed by atoms with Crippen LogP contribution in [0.3, 0.4) is 0 Å². The van der Waals surface area contributed by atoms with E-state index in [1.165, 1.54) is 0 Å². The van der Waals surface area contributed by atoms with Gasteiger partial charge in [0, 0.05) is 16.6 Å². The second kappa shape index (κ2) is 6.26. The van der Waals surface area contributed by atoms with E-state index in [9.17, 15) is 0 Å². The van der Waals surface area contributed by atoms with Crippen LogP contribution >= 0.6 is 15.9 Å². The molecule has 0 amide bonds. The van der Waals surface area contributed by atoms with Crippen molar-refractivity contribution in [1.82, 2.24) is 0 Å². The third-order valence-corrected chi connectivity index (χ3v) is 3.24. The van der Waals surface area contributed by atoms with Crippen LogP contribution in [0.4, 0.5) is 5.69 Å². The quantitative estimate of drug-likeness (QED) is 0.878. The van der Waals surface area contributed by atoms with Crippen LogP contribution in [0.25, 0.3) is 0 Å². The van der Waals surface area contributed by atoms with Crippen molar-refractivity contribution in [2.45, 2.75) is 6.42 Å². The number of rotatable bonds is 4. The summed E-state index contributed by atoms with van der Waals surface area (Å²) in [6.45, 7) is 0.491. The molecule has 0 heterocycles. The number of hydrogen-bond acceptors (Lipinski definition) is 3. The molecule has 0 fully saturated rings. The van der Waals surface area contributed by atoms with Crippen LogP contribution in [0.1, 0.15) is 11.1 Å². The zero-order chi connectivity index (χ0) is 13.7. The van der Waals surface area contributed by atoms with Crippen molar-refractivity contribution in [1.29, 1.82) is 5.26 Å². The lowest BCUT2D eigenvalue weighted by Gasteiger charge is -2.09. The molecule has 0 unspecified atom stereocenters. The van der Waals surface area contributed by atoms with Crippen LogP contribution < -0.4 is 10.5 Å². The molecule has 3 nitrogen and oxygen atoms in total. The molecule has 0 bridgehead atoms. The van der Waals surface area contributed by atoms with Gasteiger partial charge in [-0.25, -0.2) is 0 Å². The number of nitriles is 1. The molecular weight excluding hydrogens is 304 g/mol. The summed E-state index contributed by atoms with van der Waals surface area (Å²) in [5.41, 5.74) is 8.21. The van der Waals surface area contributed by atoms with E-state index in [0.717, 1.165) is 15.7 Å². The fraction of sp³-hybridized carbons (Fsp3) is 0.133. The summed E-state index contributed by atoms with van der Waals surface area (Å²) in [6, 6.07) is 15.2. The molecule has 0 atom stereocenters. The fourth-order valence-corrected chi connectivity index (χ4v) is 2.11. The van der Waals surface area contributed by atoms with Crippen molar-refractivity contribution < 1.29 is 4.74 Å². The molecule has 96 valence electrons. The van der Waals surface area contributed by atoms with Crippen molar-refractivity contribution >= 4 is 21.6 Å². The van der Waals surface area contributed by atoms with Crippen molar-refractivity contribution in [3.63, 3.8) is 0 Å². The Kier molecular flexibility index (Phi) is 4.43. The van der Waals surface area contributed by atoms with Gasteiger partial charge in [-0.05, 0) is 29.8 Å². The molecule has 0 radical (unpaired) electrons. The molecule has 0 aliphatic heterocycles. The minimum atomic E-state index is 0.491. The first kappa shape index (κ1) is 13.4. The van der Waals surface area contributed by atoms with E-state index in [1.807, 2.05) is 30.3 Å². The molecule has 2 N–H and O–H groups in total. The molecule has 2 aromatic rings. The number of nitrogen functional groups attached to an aromatic ring is 1. The van der Waals surface area contributed by atoms with Crippen molar-refractivity contribution in [3.05, 3.63) is 58.1 Å². The standard InChI is InChI=1S/C15H13BrN2O/c16-13-5-6-15(12(9-13)10-17)19-8-7-11-3-1-2-4-14(11)18/h1-6,9H,7-8,18H2. The monoisotopic (exact) mass is 316 g/mol. The predicted octanol–water partition coefficient (Wildman–Crippen LogP) is 3.52. The maximum absolute atomic E-state index is 9.03. The predicted molar refractivity (Wildman–Crippen MR) is 78.9 cm³/mol. The first-order chi connectivity index (χ1) is 9.20. The summed E-state index contributed by atoms with van der Waals surface area (Å²) in [7, 11) is 0. The van der Waals surface area contributed by atoms with Crippen molar-refractivity contribution in [2.24, 2.45) is 0 Å². The number of nitrogens with zero attached hydrogens (tertiary/aromatic N) is 1.